The van der Waals surface area contributed by atoms with Gasteiger partial charge in [-0.1, -0.05) is 24.3 Å². The van der Waals surface area contributed by atoms with Crippen molar-refractivity contribution in [3.63, 3.8) is 0 Å². The summed E-state index contributed by atoms with van der Waals surface area (Å²) in [6, 6.07) is 0. The Morgan fingerprint density at radius 1 is 1.00 bits per heavy atom. The lowest BCUT2D eigenvalue weighted by Crippen LogP contribution is -2.25. The Hall–Kier alpha value is -0.860. The van der Waals surface area contributed by atoms with Crippen molar-refractivity contribution in [2.75, 3.05) is 0 Å². The molecule has 0 saturated heterocycles. The third kappa shape index (κ3) is 0.422. The molecule has 2 aliphatic carbocycles. The van der Waals surface area contributed by atoms with Crippen molar-refractivity contribution < 1.29 is 10.2 Å². The molecule has 0 spiro atoms. The van der Waals surface area contributed by atoms with Gasteiger partial charge in [-0.2, -0.15) is 0 Å². The van der Waals surface area contributed by atoms with E-state index < -0.39 is 5.79 Å². The second kappa shape index (κ2) is 1.17. The van der Waals surface area contributed by atoms with Gasteiger partial charge in [0.2, 0.25) is 5.79 Å². The van der Waals surface area contributed by atoms with Crippen molar-refractivity contribution >= 4 is 0 Å². The summed E-state index contributed by atoms with van der Waals surface area (Å²) in [4.78, 5) is 0. The van der Waals surface area contributed by atoms with Gasteiger partial charge in [0.15, 0.2) is 0 Å². The van der Waals surface area contributed by atoms with Crippen LogP contribution in [0.3, 0.4) is 0 Å². The number of rotatable bonds is 0. The lowest BCUT2D eigenvalue weighted by Gasteiger charge is -2.13. The standard InChI is InChI=1S/C7H6O2/c8-7(9)5-1-2-6(7)4-3-5/h1-4,8-9H. The van der Waals surface area contributed by atoms with E-state index in [-0.39, 0.29) is 0 Å². The number of hydrogen-bond donors (Lipinski definition) is 2. The molecule has 2 heteroatoms. The van der Waals surface area contributed by atoms with E-state index >= 15 is 0 Å². The first-order chi connectivity index (χ1) is 4.21. The van der Waals surface area contributed by atoms with Gasteiger partial charge in [-0.05, 0) is 0 Å². The summed E-state index contributed by atoms with van der Waals surface area (Å²) in [5.74, 6) is -1.67. The Labute approximate surface area is 52.4 Å². The molecule has 2 nitrogen and oxygen atoms in total. The van der Waals surface area contributed by atoms with Crippen molar-refractivity contribution in [1.29, 1.82) is 0 Å². The fourth-order valence-electron chi connectivity index (χ4n) is 1.10. The van der Waals surface area contributed by atoms with Crippen LogP contribution in [0.2, 0.25) is 0 Å². The van der Waals surface area contributed by atoms with Crippen molar-refractivity contribution in [2.45, 2.75) is 5.79 Å². The van der Waals surface area contributed by atoms with Crippen LogP contribution in [0.15, 0.2) is 35.5 Å². The molecule has 2 aliphatic rings. The topological polar surface area (TPSA) is 40.5 Å². The number of aliphatic hydroxyl groups is 2. The molecule has 0 fully saturated rings. The second-order valence-electron chi connectivity index (χ2n) is 2.25. The highest BCUT2D eigenvalue weighted by molar-refractivity contribution is 5.57. The van der Waals surface area contributed by atoms with Crippen molar-refractivity contribution in [3.05, 3.63) is 35.5 Å². The van der Waals surface area contributed by atoms with Crippen LogP contribution in [-0.4, -0.2) is 16.0 Å². The molecule has 0 aromatic heterocycles. The first-order valence-corrected chi connectivity index (χ1v) is 2.77. The molecule has 2 bridgehead atoms. The minimum absolute atomic E-state index is 0.567. The average Bonchev–Trinajstić information content (AvgIpc) is 2.24. The molecule has 9 heavy (non-hydrogen) atoms. The van der Waals surface area contributed by atoms with Crippen LogP contribution in [0.4, 0.5) is 0 Å². The summed E-state index contributed by atoms with van der Waals surface area (Å²) in [5.41, 5.74) is 1.13. The van der Waals surface area contributed by atoms with Crippen LogP contribution < -0.4 is 0 Å². The smallest absolute Gasteiger partial charge is 0.217 e. The maximum atomic E-state index is 9.15. The molecule has 46 valence electrons. The van der Waals surface area contributed by atoms with E-state index in [0.717, 1.165) is 0 Å². The van der Waals surface area contributed by atoms with E-state index in [1.807, 2.05) is 0 Å². The zero-order chi connectivity index (χ0) is 6.48. The molecular formula is C7H6O2. The molecule has 2 N–H and O–H groups in total. The van der Waals surface area contributed by atoms with Crippen LogP contribution in [-0.2, 0) is 0 Å². The van der Waals surface area contributed by atoms with E-state index in [1.54, 1.807) is 24.3 Å². The maximum Gasteiger partial charge on any atom is 0.217 e. The molecule has 0 heterocycles. The molecule has 0 radical (unpaired) electrons. The first kappa shape index (κ1) is 4.97. The van der Waals surface area contributed by atoms with Gasteiger partial charge >= 0.3 is 0 Å². The predicted octanol–water partition coefficient (Wildman–Crippen LogP) is 0.103. The number of fused-ring (bicyclic) bond motifs is 2. The van der Waals surface area contributed by atoms with Gasteiger partial charge < -0.3 is 10.2 Å². The summed E-state index contributed by atoms with van der Waals surface area (Å²) in [7, 11) is 0. The third-order valence-corrected chi connectivity index (χ3v) is 1.69. The Morgan fingerprint density at radius 3 is 1.56 bits per heavy atom. The third-order valence-electron chi connectivity index (χ3n) is 1.69. The number of hydrogen-bond acceptors (Lipinski definition) is 2. The van der Waals surface area contributed by atoms with Crippen LogP contribution >= 0.6 is 0 Å². The number of allylic oxidation sites excluding steroid dienone is 2. The van der Waals surface area contributed by atoms with Crippen molar-refractivity contribution in [1.82, 2.24) is 0 Å². The molecule has 0 aromatic rings. The lowest BCUT2D eigenvalue weighted by molar-refractivity contribution is -0.0834. The van der Waals surface area contributed by atoms with E-state index in [4.69, 9.17) is 10.2 Å². The fraction of sp³-hybridized carbons (Fsp3) is 0.143. The van der Waals surface area contributed by atoms with Crippen molar-refractivity contribution in [2.24, 2.45) is 0 Å². The minimum Gasteiger partial charge on any atom is -0.358 e. The normalized spacial score (nSPS) is 26.4. The predicted molar refractivity (Wildman–Crippen MR) is 32.5 cm³/mol. The molecular weight excluding hydrogens is 116 g/mol. The van der Waals surface area contributed by atoms with E-state index in [2.05, 4.69) is 0 Å². The molecule has 0 atom stereocenters. The Kier molecular flexibility index (Phi) is 0.648. The van der Waals surface area contributed by atoms with Gasteiger partial charge in [-0.3, -0.25) is 0 Å². The summed E-state index contributed by atoms with van der Waals surface area (Å²) < 4.78 is 0. The van der Waals surface area contributed by atoms with Gasteiger partial charge in [0, 0.05) is 11.1 Å². The van der Waals surface area contributed by atoms with Gasteiger partial charge in [0.05, 0.1) is 0 Å². The molecule has 0 aromatic carbocycles. The van der Waals surface area contributed by atoms with Crippen LogP contribution in [0.1, 0.15) is 0 Å². The quantitative estimate of drug-likeness (QED) is 0.447. The zero-order valence-electron chi connectivity index (χ0n) is 4.70. The summed E-state index contributed by atoms with van der Waals surface area (Å²) in [5, 5.41) is 18.3. The average molecular weight is 122 g/mol. The van der Waals surface area contributed by atoms with E-state index in [9.17, 15) is 0 Å². The largest absolute Gasteiger partial charge is 0.358 e. The van der Waals surface area contributed by atoms with Gasteiger partial charge in [0.25, 0.3) is 0 Å². The first-order valence-electron chi connectivity index (χ1n) is 2.77. The molecule has 0 unspecified atom stereocenters. The molecule has 0 aliphatic heterocycles. The minimum atomic E-state index is -1.67. The fourth-order valence-corrected chi connectivity index (χ4v) is 1.10. The highest BCUT2D eigenvalue weighted by Crippen LogP contribution is 2.36. The van der Waals surface area contributed by atoms with Crippen LogP contribution in [0.25, 0.3) is 0 Å². The highest BCUT2D eigenvalue weighted by Gasteiger charge is 2.37. The second-order valence-corrected chi connectivity index (χ2v) is 2.25. The molecule has 0 saturated carbocycles. The maximum absolute atomic E-state index is 9.15. The van der Waals surface area contributed by atoms with E-state index in [0.29, 0.717) is 11.1 Å². The van der Waals surface area contributed by atoms with Crippen LogP contribution in [0, 0.1) is 0 Å². The monoisotopic (exact) mass is 122 g/mol. The SMILES string of the molecule is OC1(O)C2=CC=C1C=C2. The Morgan fingerprint density at radius 2 is 1.44 bits per heavy atom. The highest BCUT2D eigenvalue weighted by atomic mass is 16.5. The van der Waals surface area contributed by atoms with E-state index in [1.165, 1.54) is 0 Å². The zero-order valence-corrected chi connectivity index (χ0v) is 4.70. The lowest BCUT2D eigenvalue weighted by atomic mass is 10.1. The van der Waals surface area contributed by atoms with Gasteiger partial charge in [-0.25, -0.2) is 0 Å². The van der Waals surface area contributed by atoms with Gasteiger partial charge in [-0.15, -0.1) is 0 Å². The summed E-state index contributed by atoms with van der Waals surface area (Å²) in [6.45, 7) is 0. The molecule has 2 rings (SSSR count). The summed E-state index contributed by atoms with van der Waals surface area (Å²) in [6.07, 6.45) is 6.81. The Balaban J connectivity index is 2.61. The summed E-state index contributed by atoms with van der Waals surface area (Å²) >= 11 is 0. The van der Waals surface area contributed by atoms with Crippen LogP contribution in [0.5, 0.6) is 0 Å². The van der Waals surface area contributed by atoms with Crippen molar-refractivity contribution in [3.8, 4) is 0 Å². The molecule has 0 amide bonds. The van der Waals surface area contributed by atoms with Gasteiger partial charge in [0.1, 0.15) is 0 Å². The Bertz CT molecular complexity index is 220.